The number of likely N-dealkylation sites (tertiary alicyclic amines) is 1. The molecule has 1 heterocycles. The van der Waals surface area contributed by atoms with E-state index in [1.165, 1.54) is 4.90 Å². The lowest BCUT2D eigenvalue weighted by molar-refractivity contribution is -0.144. The lowest BCUT2D eigenvalue weighted by Gasteiger charge is -2.37. The molecule has 2 aliphatic carbocycles. The molecule has 5 N–H and O–H groups in total. The van der Waals surface area contributed by atoms with Crippen LogP contribution in [0.15, 0.2) is 0 Å². The highest BCUT2D eigenvalue weighted by Gasteiger charge is 2.48. The number of rotatable bonds is 13. The molecule has 11 heteroatoms. The van der Waals surface area contributed by atoms with E-state index in [0.29, 0.717) is 19.4 Å². The van der Waals surface area contributed by atoms with Crippen molar-refractivity contribution in [3.8, 4) is 0 Å². The maximum atomic E-state index is 14.2. The molecular formula is C33H55N5O6. The number of nitrogens with one attached hydrogen (secondary N) is 3. The summed E-state index contributed by atoms with van der Waals surface area (Å²) >= 11 is 0. The standard InChI is InChI=1S/C33H55N5O6/c1-18(2)22-15-16-38(25(22)30(42)35-23(17-20-13-14-20)27(40)29(34)41)31(43)28(33(5,6)7)37-32(44)36-24(19(3)4)26(39)21-11-9-8-10-12-21/h18-25,28H,8-17H2,1-7H3,(H2,34,41)(H,35,42)(H2,36,37,44)/t22-,23?,24+,25+,28-/m1/s1. The Hall–Kier alpha value is -2.98. The van der Waals surface area contributed by atoms with Gasteiger partial charge in [0.25, 0.3) is 5.91 Å². The van der Waals surface area contributed by atoms with Gasteiger partial charge in [-0.3, -0.25) is 24.0 Å². The van der Waals surface area contributed by atoms with Gasteiger partial charge in [0.2, 0.25) is 17.6 Å². The van der Waals surface area contributed by atoms with Crippen LogP contribution in [0.3, 0.4) is 0 Å². The summed E-state index contributed by atoms with van der Waals surface area (Å²) in [6, 6.07) is -4.17. The summed E-state index contributed by atoms with van der Waals surface area (Å²) in [5.41, 5.74) is 4.57. The highest BCUT2D eigenvalue weighted by Crippen LogP contribution is 2.36. The first-order valence-corrected chi connectivity index (χ1v) is 16.6. The molecule has 3 fully saturated rings. The second-order valence-electron chi connectivity index (χ2n) is 15.0. The molecule has 1 saturated heterocycles. The van der Waals surface area contributed by atoms with Crippen LogP contribution in [0.4, 0.5) is 4.79 Å². The molecule has 0 radical (unpaired) electrons. The lowest BCUT2D eigenvalue weighted by Crippen LogP contribution is -2.62. The minimum Gasteiger partial charge on any atom is -0.363 e. The van der Waals surface area contributed by atoms with E-state index in [1.54, 1.807) is 0 Å². The van der Waals surface area contributed by atoms with Crippen LogP contribution in [0.25, 0.3) is 0 Å². The molecule has 11 nitrogen and oxygen atoms in total. The number of nitrogens with two attached hydrogens (primary N) is 1. The number of carbonyl (C=O) groups is 6. The molecule has 3 aliphatic rings. The number of Topliss-reactive ketones (excluding diaryl/α,β-unsaturated/α-hetero) is 2. The van der Waals surface area contributed by atoms with Crippen LogP contribution >= 0.6 is 0 Å². The van der Waals surface area contributed by atoms with Crippen molar-refractivity contribution >= 4 is 35.3 Å². The molecule has 0 bridgehead atoms. The molecule has 0 aromatic heterocycles. The molecule has 1 unspecified atom stereocenters. The predicted molar refractivity (Wildman–Crippen MR) is 167 cm³/mol. The van der Waals surface area contributed by atoms with Gasteiger partial charge in [-0.1, -0.05) is 80.6 Å². The van der Waals surface area contributed by atoms with Gasteiger partial charge in [0.05, 0.1) is 12.1 Å². The van der Waals surface area contributed by atoms with Gasteiger partial charge in [-0.25, -0.2) is 4.79 Å². The molecule has 248 valence electrons. The maximum absolute atomic E-state index is 14.2. The summed E-state index contributed by atoms with van der Waals surface area (Å²) in [5, 5.41) is 8.47. The molecule has 2 saturated carbocycles. The van der Waals surface area contributed by atoms with Crippen LogP contribution in [0, 0.1) is 35.0 Å². The Bertz CT molecular complexity index is 1090. The Morgan fingerprint density at radius 3 is 1.95 bits per heavy atom. The Labute approximate surface area is 262 Å². The lowest BCUT2D eigenvalue weighted by atomic mass is 9.81. The summed E-state index contributed by atoms with van der Waals surface area (Å²) in [7, 11) is 0. The van der Waals surface area contributed by atoms with E-state index in [9.17, 15) is 28.8 Å². The van der Waals surface area contributed by atoms with Crippen molar-refractivity contribution in [1.29, 1.82) is 0 Å². The number of urea groups is 1. The number of primary amides is 1. The molecule has 5 amide bonds. The zero-order chi connectivity index (χ0) is 32.9. The minimum absolute atomic E-state index is 0.0378. The van der Waals surface area contributed by atoms with Gasteiger partial charge < -0.3 is 26.6 Å². The summed E-state index contributed by atoms with van der Waals surface area (Å²) < 4.78 is 0. The molecule has 5 atom stereocenters. The van der Waals surface area contributed by atoms with Gasteiger partial charge >= 0.3 is 6.03 Å². The second-order valence-corrected chi connectivity index (χ2v) is 15.0. The zero-order valence-electron chi connectivity index (χ0n) is 27.7. The molecular weight excluding hydrogens is 562 g/mol. The Morgan fingerprint density at radius 1 is 0.841 bits per heavy atom. The van der Waals surface area contributed by atoms with Crippen LogP contribution in [0.5, 0.6) is 0 Å². The Balaban J connectivity index is 1.80. The third kappa shape index (κ3) is 9.03. The number of carbonyl (C=O) groups excluding carboxylic acids is 6. The number of amides is 5. The van der Waals surface area contributed by atoms with Gasteiger partial charge in [-0.05, 0) is 54.8 Å². The fourth-order valence-electron chi connectivity index (χ4n) is 6.78. The van der Waals surface area contributed by atoms with Crippen molar-refractivity contribution in [2.75, 3.05) is 6.54 Å². The molecule has 44 heavy (non-hydrogen) atoms. The summed E-state index contributed by atoms with van der Waals surface area (Å²) in [6.07, 6.45) is 7.55. The van der Waals surface area contributed by atoms with Gasteiger partial charge in [-0.15, -0.1) is 0 Å². The van der Waals surface area contributed by atoms with E-state index < -0.39 is 59.1 Å². The van der Waals surface area contributed by atoms with Crippen molar-refractivity contribution in [2.24, 2.45) is 40.7 Å². The number of ketones is 2. The third-order valence-corrected chi connectivity index (χ3v) is 9.65. The highest BCUT2D eigenvalue weighted by atomic mass is 16.2. The smallest absolute Gasteiger partial charge is 0.316 e. The summed E-state index contributed by atoms with van der Waals surface area (Å²) in [5.74, 6) is -2.87. The Kier molecular flexibility index (Phi) is 12.0. The van der Waals surface area contributed by atoms with E-state index in [1.807, 2.05) is 48.5 Å². The van der Waals surface area contributed by atoms with Gasteiger partial charge in [0.15, 0.2) is 5.78 Å². The molecule has 0 aromatic rings. The monoisotopic (exact) mass is 617 g/mol. The Morgan fingerprint density at radius 2 is 1.45 bits per heavy atom. The number of nitrogens with zero attached hydrogens (tertiary/aromatic N) is 1. The van der Waals surface area contributed by atoms with Crippen molar-refractivity contribution in [2.45, 2.75) is 130 Å². The summed E-state index contributed by atoms with van der Waals surface area (Å²) in [6.45, 7) is 13.6. The van der Waals surface area contributed by atoms with Crippen molar-refractivity contribution in [3.63, 3.8) is 0 Å². The SMILES string of the molecule is CC(C)[C@H](NC(=O)N[C@H](C(=O)N1CC[C@H](C(C)C)[C@H]1C(=O)NC(CC1CC1)C(=O)C(N)=O)C(C)(C)C)C(=O)C1CCCCC1. The summed E-state index contributed by atoms with van der Waals surface area (Å²) in [4.78, 5) is 80.6. The van der Waals surface area contributed by atoms with E-state index in [4.69, 9.17) is 5.73 Å². The first-order valence-electron chi connectivity index (χ1n) is 16.6. The van der Waals surface area contributed by atoms with Crippen molar-refractivity contribution < 1.29 is 28.8 Å². The maximum Gasteiger partial charge on any atom is 0.316 e. The topological polar surface area (TPSA) is 168 Å². The minimum atomic E-state index is -1.10. The number of hydrogen-bond acceptors (Lipinski definition) is 6. The van der Waals surface area contributed by atoms with Crippen LogP contribution < -0.4 is 21.7 Å². The van der Waals surface area contributed by atoms with Gasteiger partial charge in [-0.2, -0.15) is 0 Å². The van der Waals surface area contributed by atoms with Crippen LogP contribution in [-0.4, -0.2) is 70.9 Å². The van der Waals surface area contributed by atoms with E-state index in [0.717, 1.165) is 44.9 Å². The highest BCUT2D eigenvalue weighted by molar-refractivity contribution is 6.37. The first kappa shape index (κ1) is 35.5. The van der Waals surface area contributed by atoms with Crippen molar-refractivity contribution in [1.82, 2.24) is 20.9 Å². The fourth-order valence-corrected chi connectivity index (χ4v) is 6.78. The first-order chi connectivity index (χ1) is 20.5. The quantitative estimate of drug-likeness (QED) is 0.232. The molecule has 0 spiro atoms. The largest absolute Gasteiger partial charge is 0.363 e. The average Bonchev–Trinajstić information content (AvgIpc) is 3.65. The molecule has 3 rings (SSSR count). The van der Waals surface area contributed by atoms with Crippen LogP contribution in [-0.2, 0) is 24.0 Å². The van der Waals surface area contributed by atoms with E-state index in [2.05, 4.69) is 16.0 Å². The van der Waals surface area contributed by atoms with Gasteiger partial charge in [0.1, 0.15) is 12.1 Å². The fraction of sp³-hybridized carbons (Fsp3) is 0.818. The van der Waals surface area contributed by atoms with Gasteiger partial charge in [0, 0.05) is 12.5 Å². The number of hydrogen-bond donors (Lipinski definition) is 4. The van der Waals surface area contributed by atoms with E-state index in [-0.39, 0.29) is 35.4 Å². The van der Waals surface area contributed by atoms with Crippen molar-refractivity contribution in [3.05, 3.63) is 0 Å². The third-order valence-electron chi connectivity index (χ3n) is 9.65. The molecule has 0 aromatic carbocycles. The molecule has 1 aliphatic heterocycles. The van der Waals surface area contributed by atoms with Crippen LogP contribution in [0.1, 0.15) is 106 Å². The zero-order valence-corrected chi connectivity index (χ0v) is 27.7. The van der Waals surface area contributed by atoms with Crippen LogP contribution in [0.2, 0.25) is 0 Å². The van der Waals surface area contributed by atoms with E-state index >= 15 is 0 Å². The normalized spacial score (nSPS) is 23.2. The second kappa shape index (κ2) is 14.9. The predicted octanol–water partition coefficient (Wildman–Crippen LogP) is 3.09. The average molecular weight is 618 g/mol.